The summed E-state index contributed by atoms with van der Waals surface area (Å²) in [4.78, 5) is 3.90. The van der Waals surface area contributed by atoms with Crippen molar-refractivity contribution in [2.45, 2.75) is 18.2 Å². The summed E-state index contributed by atoms with van der Waals surface area (Å²) >= 11 is 5.67. The summed E-state index contributed by atoms with van der Waals surface area (Å²) in [5.41, 5.74) is 5.67. The van der Waals surface area contributed by atoms with Gasteiger partial charge in [0.2, 0.25) is 10.0 Å². The lowest BCUT2D eigenvalue weighted by molar-refractivity contribution is 0.565. The van der Waals surface area contributed by atoms with Crippen LogP contribution in [0.25, 0.3) is 0 Å². The Kier molecular flexibility index (Phi) is 3.53. The van der Waals surface area contributed by atoms with E-state index < -0.39 is 15.3 Å². The number of halogens is 1. The molecule has 0 aliphatic carbocycles. The molecule has 1 aliphatic rings. The lowest BCUT2D eigenvalue weighted by Gasteiger charge is -2.15. The second kappa shape index (κ2) is 4.77. The summed E-state index contributed by atoms with van der Waals surface area (Å²) in [6.45, 7) is 2.17. The minimum atomic E-state index is -3.46. The van der Waals surface area contributed by atoms with Crippen molar-refractivity contribution in [2.75, 3.05) is 11.3 Å². The summed E-state index contributed by atoms with van der Waals surface area (Å²) in [5, 5.41) is -0.0644. The Morgan fingerprint density at radius 1 is 1.53 bits per heavy atom. The number of nitrogens with zero attached hydrogens (tertiary/aromatic N) is 1. The van der Waals surface area contributed by atoms with E-state index in [1.165, 1.54) is 12.3 Å². The highest BCUT2D eigenvalue weighted by Crippen LogP contribution is 2.15. The van der Waals surface area contributed by atoms with E-state index in [0.717, 1.165) is 0 Å². The molecule has 94 valence electrons. The van der Waals surface area contributed by atoms with Crippen molar-refractivity contribution in [1.29, 1.82) is 0 Å². The van der Waals surface area contributed by atoms with Crippen molar-refractivity contribution in [3.05, 3.63) is 23.4 Å². The van der Waals surface area contributed by atoms with Crippen molar-refractivity contribution >= 4 is 27.4 Å². The second-order valence-electron chi connectivity index (χ2n) is 3.86. The van der Waals surface area contributed by atoms with Crippen LogP contribution < -0.4 is 15.6 Å². The molecule has 0 radical (unpaired) electrons. The first kappa shape index (κ1) is 12.6. The number of hydrogen-bond donors (Lipinski definition) is 3. The van der Waals surface area contributed by atoms with E-state index in [9.17, 15) is 8.42 Å². The van der Waals surface area contributed by atoms with Crippen LogP contribution in [-0.2, 0) is 10.0 Å². The van der Waals surface area contributed by atoms with Gasteiger partial charge in [-0.05, 0) is 19.1 Å². The SMILES string of the molecule is CC1NNCC1S(=O)(=O)Nc1ccc(Cl)cn1. The molecule has 1 saturated heterocycles. The van der Waals surface area contributed by atoms with Gasteiger partial charge in [0.05, 0.1) is 5.02 Å². The fraction of sp³-hybridized carbons (Fsp3) is 0.444. The molecule has 2 unspecified atom stereocenters. The molecule has 1 aromatic heterocycles. The molecule has 8 heteroatoms. The number of anilines is 1. The van der Waals surface area contributed by atoms with Crippen molar-refractivity contribution < 1.29 is 8.42 Å². The largest absolute Gasteiger partial charge is 0.267 e. The first-order chi connectivity index (χ1) is 7.99. The zero-order valence-corrected chi connectivity index (χ0v) is 10.7. The van der Waals surface area contributed by atoms with E-state index in [-0.39, 0.29) is 11.9 Å². The maximum atomic E-state index is 12.0. The van der Waals surface area contributed by atoms with Crippen molar-refractivity contribution in [2.24, 2.45) is 0 Å². The van der Waals surface area contributed by atoms with Crippen molar-refractivity contribution in [3.63, 3.8) is 0 Å². The molecule has 1 aliphatic heterocycles. The highest BCUT2D eigenvalue weighted by Gasteiger charge is 2.34. The van der Waals surface area contributed by atoms with Crippen LogP contribution in [0.4, 0.5) is 5.82 Å². The minimum absolute atomic E-state index is 0.153. The number of hydrazine groups is 1. The van der Waals surface area contributed by atoms with Crippen LogP contribution in [-0.4, -0.2) is 31.2 Å². The average Bonchev–Trinajstić information content (AvgIpc) is 2.68. The summed E-state index contributed by atoms with van der Waals surface area (Å²) < 4.78 is 26.5. The molecular weight excluding hydrogens is 264 g/mol. The van der Waals surface area contributed by atoms with Gasteiger partial charge in [-0.25, -0.2) is 13.4 Å². The highest BCUT2D eigenvalue weighted by atomic mass is 35.5. The molecule has 1 fully saturated rings. The first-order valence-electron chi connectivity index (χ1n) is 5.10. The van der Waals surface area contributed by atoms with E-state index >= 15 is 0 Å². The molecular formula is C9H13ClN4O2S. The topological polar surface area (TPSA) is 83.1 Å². The Labute approximate surface area is 105 Å². The number of hydrogen-bond acceptors (Lipinski definition) is 5. The predicted molar refractivity (Wildman–Crippen MR) is 66.2 cm³/mol. The Balaban J connectivity index is 2.14. The summed E-state index contributed by atoms with van der Waals surface area (Å²) in [6.07, 6.45) is 1.40. The van der Waals surface area contributed by atoms with E-state index in [4.69, 9.17) is 11.6 Å². The Bertz CT molecular complexity index is 490. The van der Waals surface area contributed by atoms with Crippen LogP contribution >= 0.6 is 11.6 Å². The number of sulfonamides is 1. The second-order valence-corrected chi connectivity index (χ2v) is 6.20. The molecule has 0 bridgehead atoms. The lowest BCUT2D eigenvalue weighted by atomic mass is 10.3. The van der Waals surface area contributed by atoms with Gasteiger partial charge in [-0.2, -0.15) is 0 Å². The van der Waals surface area contributed by atoms with Gasteiger partial charge in [0.15, 0.2) is 0 Å². The Morgan fingerprint density at radius 3 is 2.82 bits per heavy atom. The lowest BCUT2D eigenvalue weighted by Crippen LogP contribution is -2.38. The molecule has 0 amide bonds. The Morgan fingerprint density at radius 2 is 2.29 bits per heavy atom. The average molecular weight is 277 g/mol. The number of pyridine rings is 1. The molecule has 0 aromatic carbocycles. The van der Waals surface area contributed by atoms with Crippen molar-refractivity contribution in [3.8, 4) is 0 Å². The fourth-order valence-electron chi connectivity index (χ4n) is 1.63. The molecule has 0 saturated carbocycles. The molecule has 1 aromatic rings. The van der Waals surface area contributed by atoms with Gasteiger partial charge in [0.1, 0.15) is 11.1 Å². The summed E-state index contributed by atoms with van der Waals surface area (Å²) in [5.74, 6) is 0.272. The molecule has 2 rings (SSSR count). The van der Waals surface area contributed by atoms with E-state index in [1.54, 1.807) is 13.0 Å². The number of nitrogens with one attached hydrogen (secondary N) is 3. The molecule has 2 heterocycles. The fourth-order valence-corrected chi connectivity index (χ4v) is 3.21. The molecule has 2 atom stereocenters. The van der Waals surface area contributed by atoms with Gasteiger partial charge in [0.25, 0.3) is 0 Å². The molecule has 6 nitrogen and oxygen atoms in total. The number of aromatic nitrogens is 1. The van der Waals surface area contributed by atoms with Gasteiger partial charge in [0, 0.05) is 18.8 Å². The quantitative estimate of drug-likeness (QED) is 0.742. The van der Waals surface area contributed by atoms with Gasteiger partial charge >= 0.3 is 0 Å². The third kappa shape index (κ3) is 2.86. The predicted octanol–water partition coefficient (Wildman–Crippen LogP) is 0.342. The van der Waals surface area contributed by atoms with Crippen molar-refractivity contribution in [1.82, 2.24) is 15.8 Å². The highest BCUT2D eigenvalue weighted by molar-refractivity contribution is 7.93. The van der Waals surface area contributed by atoms with E-state index in [1.807, 2.05) is 0 Å². The maximum Gasteiger partial charge on any atom is 0.239 e. The van der Waals surface area contributed by atoms with Crippen LogP contribution in [0.5, 0.6) is 0 Å². The monoisotopic (exact) mass is 276 g/mol. The standard InChI is InChI=1S/C9H13ClN4O2S/c1-6-8(5-12-13-6)17(15,16)14-9-3-2-7(10)4-11-9/h2-4,6,8,12-13H,5H2,1H3,(H,11,14). The van der Waals surface area contributed by atoms with E-state index in [2.05, 4.69) is 20.6 Å². The number of rotatable bonds is 3. The first-order valence-corrected chi connectivity index (χ1v) is 7.03. The molecule has 0 spiro atoms. The van der Waals surface area contributed by atoms with Gasteiger partial charge < -0.3 is 0 Å². The summed E-state index contributed by atoms with van der Waals surface area (Å²) in [6, 6.07) is 2.96. The normalized spacial score (nSPS) is 24.8. The van der Waals surface area contributed by atoms with Crippen LogP contribution in [0.1, 0.15) is 6.92 Å². The zero-order valence-electron chi connectivity index (χ0n) is 9.14. The maximum absolute atomic E-state index is 12.0. The van der Waals surface area contributed by atoms with Gasteiger partial charge in [-0.1, -0.05) is 11.6 Å². The van der Waals surface area contributed by atoms with Crippen LogP contribution in [0, 0.1) is 0 Å². The molecule has 3 N–H and O–H groups in total. The Hall–Kier alpha value is -0.890. The zero-order chi connectivity index (χ0) is 12.5. The third-order valence-corrected chi connectivity index (χ3v) is 4.65. The van der Waals surface area contributed by atoms with Gasteiger partial charge in [-0.3, -0.25) is 15.6 Å². The third-order valence-electron chi connectivity index (χ3n) is 2.56. The molecule has 17 heavy (non-hydrogen) atoms. The van der Waals surface area contributed by atoms with Crippen LogP contribution in [0.2, 0.25) is 5.02 Å². The van der Waals surface area contributed by atoms with Crippen LogP contribution in [0.15, 0.2) is 18.3 Å². The summed E-state index contributed by atoms with van der Waals surface area (Å²) in [7, 11) is -3.46. The van der Waals surface area contributed by atoms with E-state index in [0.29, 0.717) is 11.6 Å². The van der Waals surface area contributed by atoms with Crippen LogP contribution in [0.3, 0.4) is 0 Å². The smallest absolute Gasteiger partial charge is 0.239 e. The van der Waals surface area contributed by atoms with Gasteiger partial charge in [-0.15, -0.1) is 0 Å². The minimum Gasteiger partial charge on any atom is -0.267 e.